The molecule has 4 heteroatoms. The largest absolute Gasteiger partial charge is 0.494 e. The van der Waals surface area contributed by atoms with Crippen molar-refractivity contribution in [2.45, 2.75) is 46.6 Å². The summed E-state index contributed by atoms with van der Waals surface area (Å²) in [4.78, 5) is 11.5. The Morgan fingerprint density at radius 3 is 2.62 bits per heavy atom. The highest BCUT2D eigenvalue weighted by Crippen LogP contribution is 2.35. The standard InChI is InChI=1S/C17H27NO3/c1-6-21-15-8-7-12(2)9-13(15)14(18)10-17(3,4)11-16(19)20-5/h7-9,14H,6,10-11,18H2,1-5H3. The highest BCUT2D eigenvalue weighted by atomic mass is 16.5. The molecule has 1 aromatic rings. The van der Waals surface area contributed by atoms with Gasteiger partial charge in [-0.2, -0.15) is 0 Å². The fraction of sp³-hybridized carbons (Fsp3) is 0.588. The van der Waals surface area contributed by atoms with Crippen molar-refractivity contribution < 1.29 is 14.3 Å². The second-order valence-corrected chi connectivity index (χ2v) is 6.20. The molecule has 0 spiro atoms. The quantitative estimate of drug-likeness (QED) is 0.783. The zero-order valence-corrected chi connectivity index (χ0v) is 13.7. The van der Waals surface area contributed by atoms with Crippen LogP contribution in [0.15, 0.2) is 18.2 Å². The molecule has 0 bridgehead atoms. The summed E-state index contributed by atoms with van der Waals surface area (Å²) in [7, 11) is 1.41. The van der Waals surface area contributed by atoms with Gasteiger partial charge in [0.2, 0.25) is 0 Å². The minimum absolute atomic E-state index is 0.175. The van der Waals surface area contributed by atoms with Crippen LogP contribution in [-0.4, -0.2) is 19.7 Å². The van der Waals surface area contributed by atoms with Crippen LogP contribution in [0, 0.1) is 12.3 Å². The highest BCUT2D eigenvalue weighted by molar-refractivity contribution is 5.69. The van der Waals surface area contributed by atoms with Gasteiger partial charge in [-0.15, -0.1) is 0 Å². The zero-order chi connectivity index (χ0) is 16.0. The Hall–Kier alpha value is -1.55. The second-order valence-electron chi connectivity index (χ2n) is 6.20. The fourth-order valence-electron chi connectivity index (χ4n) is 2.48. The van der Waals surface area contributed by atoms with Crippen LogP contribution in [0.25, 0.3) is 0 Å². The maximum atomic E-state index is 11.5. The lowest BCUT2D eigenvalue weighted by Crippen LogP contribution is -2.25. The first kappa shape index (κ1) is 17.5. The fourth-order valence-corrected chi connectivity index (χ4v) is 2.48. The van der Waals surface area contributed by atoms with Crippen molar-refractivity contribution in [1.29, 1.82) is 0 Å². The van der Waals surface area contributed by atoms with Crippen LogP contribution in [0.5, 0.6) is 5.75 Å². The van der Waals surface area contributed by atoms with Crippen molar-refractivity contribution in [3.63, 3.8) is 0 Å². The van der Waals surface area contributed by atoms with E-state index >= 15 is 0 Å². The number of hydrogen-bond donors (Lipinski definition) is 1. The number of nitrogens with two attached hydrogens (primary N) is 1. The van der Waals surface area contributed by atoms with Crippen molar-refractivity contribution in [3.8, 4) is 5.75 Å². The Kier molecular flexibility index (Phi) is 6.21. The van der Waals surface area contributed by atoms with Gasteiger partial charge in [-0.05, 0) is 31.7 Å². The van der Waals surface area contributed by atoms with E-state index in [9.17, 15) is 4.79 Å². The van der Waals surface area contributed by atoms with E-state index in [1.165, 1.54) is 7.11 Å². The molecule has 1 rings (SSSR count). The van der Waals surface area contributed by atoms with Gasteiger partial charge in [0.25, 0.3) is 0 Å². The van der Waals surface area contributed by atoms with Crippen molar-refractivity contribution in [2.75, 3.05) is 13.7 Å². The third-order valence-electron chi connectivity index (χ3n) is 3.49. The summed E-state index contributed by atoms with van der Waals surface area (Å²) in [6.07, 6.45) is 1.04. The van der Waals surface area contributed by atoms with E-state index in [0.717, 1.165) is 16.9 Å². The van der Waals surface area contributed by atoms with E-state index in [1.54, 1.807) is 0 Å². The minimum Gasteiger partial charge on any atom is -0.494 e. The van der Waals surface area contributed by atoms with Crippen molar-refractivity contribution in [3.05, 3.63) is 29.3 Å². The lowest BCUT2D eigenvalue weighted by atomic mass is 9.81. The average molecular weight is 293 g/mol. The summed E-state index contributed by atoms with van der Waals surface area (Å²) in [5.41, 5.74) is 8.29. The monoisotopic (exact) mass is 293 g/mol. The molecule has 118 valence electrons. The van der Waals surface area contributed by atoms with E-state index < -0.39 is 0 Å². The number of carbonyl (C=O) groups is 1. The number of carbonyl (C=O) groups excluding carboxylic acids is 1. The van der Waals surface area contributed by atoms with Gasteiger partial charge >= 0.3 is 5.97 Å². The summed E-state index contributed by atoms with van der Waals surface area (Å²) < 4.78 is 10.4. The van der Waals surface area contributed by atoms with Crippen molar-refractivity contribution in [1.82, 2.24) is 0 Å². The van der Waals surface area contributed by atoms with Crippen LogP contribution in [0.3, 0.4) is 0 Å². The summed E-state index contributed by atoms with van der Waals surface area (Å²) in [5, 5.41) is 0. The number of benzene rings is 1. The number of hydrogen-bond acceptors (Lipinski definition) is 4. The molecule has 0 radical (unpaired) electrons. The normalized spacial score (nSPS) is 12.9. The third-order valence-corrected chi connectivity index (χ3v) is 3.49. The number of methoxy groups -OCH3 is 1. The van der Waals surface area contributed by atoms with E-state index in [2.05, 4.69) is 6.07 Å². The van der Waals surface area contributed by atoms with Gasteiger partial charge in [0.05, 0.1) is 20.1 Å². The Balaban J connectivity index is 2.90. The summed E-state index contributed by atoms with van der Waals surface area (Å²) in [6.45, 7) is 8.65. The van der Waals surface area contributed by atoms with Gasteiger partial charge in [-0.1, -0.05) is 31.5 Å². The maximum Gasteiger partial charge on any atom is 0.306 e. The highest BCUT2D eigenvalue weighted by Gasteiger charge is 2.27. The van der Waals surface area contributed by atoms with E-state index in [4.69, 9.17) is 15.2 Å². The molecule has 0 fully saturated rings. The lowest BCUT2D eigenvalue weighted by molar-refractivity contribution is -0.143. The average Bonchev–Trinajstić information content (AvgIpc) is 2.39. The molecular formula is C17H27NO3. The summed E-state index contributed by atoms with van der Waals surface area (Å²) >= 11 is 0. The summed E-state index contributed by atoms with van der Waals surface area (Å²) in [6, 6.07) is 5.86. The molecule has 0 saturated heterocycles. The number of ether oxygens (including phenoxy) is 2. The molecule has 21 heavy (non-hydrogen) atoms. The van der Waals surface area contributed by atoms with Crippen LogP contribution < -0.4 is 10.5 Å². The first-order valence-corrected chi connectivity index (χ1v) is 7.35. The van der Waals surface area contributed by atoms with E-state index in [-0.39, 0.29) is 17.4 Å². The predicted octanol–water partition coefficient (Wildman–Crippen LogP) is 3.37. The Morgan fingerprint density at radius 1 is 1.38 bits per heavy atom. The molecule has 0 saturated carbocycles. The molecule has 0 aliphatic rings. The molecule has 0 aliphatic carbocycles. The molecule has 1 aromatic carbocycles. The smallest absolute Gasteiger partial charge is 0.306 e. The first-order valence-electron chi connectivity index (χ1n) is 7.35. The zero-order valence-electron chi connectivity index (χ0n) is 13.7. The van der Waals surface area contributed by atoms with Gasteiger partial charge in [-0.3, -0.25) is 4.79 Å². The van der Waals surface area contributed by atoms with Gasteiger partial charge in [0.15, 0.2) is 0 Å². The molecule has 0 aromatic heterocycles. The molecule has 0 amide bonds. The van der Waals surface area contributed by atoms with Crippen molar-refractivity contribution >= 4 is 5.97 Å². The second kappa shape index (κ2) is 7.46. The number of aryl methyl sites for hydroxylation is 1. The molecule has 0 aliphatic heterocycles. The van der Waals surface area contributed by atoms with Gasteiger partial charge in [-0.25, -0.2) is 0 Å². The summed E-state index contributed by atoms with van der Waals surface area (Å²) in [5.74, 6) is 0.617. The predicted molar refractivity (Wildman–Crippen MR) is 84.3 cm³/mol. The van der Waals surface area contributed by atoms with Crippen LogP contribution >= 0.6 is 0 Å². The van der Waals surface area contributed by atoms with Gasteiger partial charge in [0, 0.05) is 11.6 Å². The number of rotatable bonds is 7. The van der Waals surface area contributed by atoms with Gasteiger partial charge in [0.1, 0.15) is 5.75 Å². The number of esters is 1. The van der Waals surface area contributed by atoms with Crippen LogP contribution in [-0.2, 0) is 9.53 Å². The SMILES string of the molecule is CCOc1ccc(C)cc1C(N)CC(C)(C)CC(=O)OC. The Labute approximate surface area is 127 Å². The molecule has 2 N–H and O–H groups in total. The van der Waals surface area contributed by atoms with Crippen LogP contribution in [0.2, 0.25) is 0 Å². The van der Waals surface area contributed by atoms with Crippen LogP contribution in [0.1, 0.15) is 50.8 Å². The topological polar surface area (TPSA) is 61.5 Å². The van der Waals surface area contributed by atoms with E-state index in [0.29, 0.717) is 19.4 Å². The molecule has 1 unspecified atom stereocenters. The molecular weight excluding hydrogens is 266 g/mol. The molecule has 0 heterocycles. The van der Waals surface area contributed by atoms with Crippen LogP contribution in [0.4, 0.5) is 0 Å². The van der Waals surface area contributed by atoms with Crippen molar-refractivity contribution in [2.24, 2.45) is 11.1 Å². The third kappa shape index (κ3) is 5.38. The Morgan fingerprint density at radius 2 is 2.05 bits per heavy atom. The Bertz CT molecular complexity index is 483. The lowest BCUT2D eigenvalue weighted by Gasteiger charge is -2.28. The molecule has 4 nitrogen and oxygen atoms in total. The van der Waals surface area contributed by atoms with E-state index in [1.807, 2.05) is 39.8 Å². The minimum atomic E-state index is -0.222. The maximum absolute atomic E-state index is 11.5. The van der Waals surface area contributed by atoms with Gasteiger partial charge < -0.3 is 15.2 Å². The first-order chi connectivity index (χ1) is 9.79. The molecule has 1 atom stereocenters.